The van der Waals surface area contributed by atoms with Crippen molar-refractivity contribution in [3.05, 3.63) is 24.0 Å². The third-order valence-corrected chi connectivity index (χ3v) is 4.80. The number of anilines is 2. The predicted molar refractivity (Wildman–Crippen MR) is 68.4 cm³/mol. The first-order valence-corrected chi connectivity index (χ1v) is 7.01. The van der Waals surface area contributed by atoms with Crippen molar-refractivity contribution in [2.45, 2.75) is 18.6 Å². The minimum absolute atomic E-state index is 0.0349. The van der Waals surface area contributed by atoms with Crippen LogP contribution in [0.4, 0.5) is 15.8 Å². The Balaban J connectivity index is 3.10. The van der Waals surface area contributed by atoms with Gasteiger partial charge in [0, 0.05) is 6.26 Å². The number of nitrogens with two attached hydrogens (primary N) is 1. The number of nitrogen functional groups attached to an aromatic ring is 1. The average molecular weight is 274 g/mol. The molecule has 18 heavy (non-hydrogen) atoms. The van der Waals surface area contributed by atoms with Gasteiger partial charge in [-0.05, 0) is 26.0 Å². The molecule has 1 rings (SSSR count). The molecular formula is C11H15FN2O3S. The van der Waals surface area contributed by atoms with Crippen LogP contribution in [0.3, 0.4) is 0 Å². The summed E-state index contributed by atoms with van der Waals surface area (Å²) in [4.78, 5) is 11.9. The topological polar surface area (TPSA) is 89.3 Å². The lowest BCUT2D eigenvalue weighted by Crippen LogP contribution is -2.44. The summed E-state index contributed by atoms with van der Waals surface area (Å²) in [6, 6.07) is 3.92. The van der Waals surface area contributed by atoms with Gasteiger partial charge in [-0.15, -0.1) is 0 Å². The van der Waals surface area contributed by atoms with Gasteiger partial charge in [0.15, 0.2) is 9.84 Å². The van der Waals surface area contributed by atoms with Crippen molar-refractivity contribution in [2.24, 2.45) is 0 Å². The molecule has 0 fully saturated rings. The smallest absolute Gasteiger partial charge is 0.245 e. The lowest BCUT2D eigenvalue weighted by atomic mass is 10.1. The monoisotopic (exact) mass is 274 g/mol. The van der Waals surface area contributed by atoms with Crippen LogP contribution in [-0.2, 0) is 14.6 Å². The van der Waals surface area contributed by atoms with Gasteiger partial charge in [0.05, 0.1) is 5.69 Å². The van der Waals surface area contributed by atoms with Gasteiger partial charge in [0.25, 0.3) is 0 Å². The van der Waals surface area contributed by atoms with Gasteiger partial charge in [0.1, 0.15) is 16.3 Å². The van der Waals surface area contributed by atoms with Gasteiger partial charge in [-0.2, -0.15) is 0 Å². The van der Waals surface area contributed by atoms with Crippen molar-refractivity contribution in [3.8, 4) is 0 Å². The predicted octanol–water partition coefficient (Wildman–Crippen LogP) is 1.17. The average Bonchev–Trinajstić information content (AvgIpc) is 2.21. The number of carbonyl (C=O) groups excluding carboxylic acids is 1. The van der Waals surface area contributed by atoms with E-state index in [-0.39, 0.29) is 11.4 Å². The molecule has 0 spiro atoms. The Hall–Kier alpha value is -1.63. The van der Waals surface area contributed by atoms with Crippen LogP contribution in [-0.4, -0.2) is 25.3 Å². The fourth-order valence-electron chi connectivity index (χ4n) is 1.11. The first-order chi connectivity index (χ1) is 8.07. The molecule has 7 heteroatoms. The molecule has 0 aliphatic carbocycles. The van der Waals surface area contributed by atoms with E-state index in [1.165, 1.54) is 26.0 Å². The molecule has 100 valence electrons. The van der Waals surface area contributed by atoms with Gasteiger partial charge in [-0.3, -0.25) is 4.79 Å². The molecular weight excluding hydrogens is 259 g/mol. The van der Waals surface area contributed by atoms with Gasteiger partial charge in [-0.25, -0.2) is 12.8 Å². The van der Waals surface area contributed by atoms with E-state index in [0.717, 1.165) is 12.3 Å². The highest BCUT2D eigenvalue weighted by molar-refractivity contribution is 7.92. The molecule has 0 heterocycles. The maximum atomic E-state index is 13.5. The second-order valence-corrected chi connectivity index (χ2v) is 7.01. The first kappa shape index (κ1) is 14.4. The number of hydrogen-bond donors (Lipinski definition) is 2. The van der Waals surface area contributed by atoms with Crippen LogP contribution in [0.5, 0.6) is 0 Å². The zero-order valence-electron chi connectivity index (χ0n) is 10.3. The zero-order chi connectivity index (χ0) is 14.1. The van der Waals surface area contributed by atoms with E-state index >= 15 is 0 Å². The number of benzene rings is 1. The molecule has 5 nitrogen and oxygen atoms in total. The zero-order valence-corrected chi connectivity index (χ0v) is 11.1. The number of nitrogens with one attached hydrogen (secondary N) is 1. The van der Waals surface area contributed by atoms with E-state index in [1.54, 1.807) is 0 Å². The number of sulfone groups is 1. The summed E-state index contributed by atoms with van der Waals surface area (Å²) in [6.07, 6.45) is 0.942. The molecule has 0 bridgehead atoms. The van der Waals surface area contributed by atoms with Crippen LogP contribution < -0.4 is 11.1 Å². The summed E-state index contributed by atoms with van der Waals surface area (Å²) in [5.41, 5.74) is 5.34. The number of hydrogen-bond acceptors (Lipinski definition) is 4. The van der Waals surface area contributed by atoms with Crippen LogP contribution in [0.15, 0.2) is 18.2 Å². The summed E-state index contributed by atoms with van der Waals surface area (Å²) < 4.78 is 34.7. The first-order valence-electron chi connectivity index (χ1n) is 5.12. The van der Waals surface area contributed by atoms with E-state index in [2.05, 4.69) is 5.32 Å². The molecule has 0 saturated heterocycles. The molecule has 0 aromatic heterocycles. The largest absolute Gasteiger partial charge is 0.397 e. The third-order valence-electron chi connectivity index (χ3n) is 2.76. The Labute approximate surface area is 105 Å². The fourth-order valence-corrected chi connectivity index (χ4v) is 1.49. The van der Waals surface area contributed by atoms with Crippen LogP contribution >= 0.6 is 0 Å². The summed E-state index contributed by atoms with van der Waals surface area (Å²) >= 11 is 0. The highest BCUT2D eigenvalue weighted by Crippen LogP contribution is 2.24. The second-order valence-electron chi connectivity index (χ2n) is 4.44. The molecule has 0 aliphatic heterocycles. The molecule has 0 radical (unpaired) electrons. The number of amides is 1. The quantitative estimate of drug-likeness (QED) is 0.810. The van der Waals surface area contributed by atoms with Crippen LogP contribution in [0, 0.1) is 5.82 Å². The molecule has 0 saturated carbocycles. The van der Waals surface area contributed by atoms with Gasteiger partial charge < -0.3 is 11.1 Å². The molecule has 1 aromatic carbocycles. The summed E-state index contributed by atoms with van der Waals surface area (Å²) in [5.74, 6) is -1.55. The van der Waals surface area contributed by atoms with E-state index in [0.29, 0.717) is 0 Å². The summed E-state index contributed by atoms with van der Waals surface area (Å²) in [6.45, 7) is 2.49. The molecule has 1 amide bonds. The lowest BCUT2D eigenvalue weighted by molar-refractivity contribution is -0.117. The van der Waals surface area contributed by atoms with Crippen LogP contribution in [0.1, 0.15) is 13.8 Å². The Kier molecular flexibility index (Phi) is 3.66. The van der Waals surface area contributed by atoms with Crippen molar-refractivity contribution < 1.29 is 17.6 Å². The maximum absolute atomic E-state index is 13.5. The van der Waals surface area contributed by atoms with Crippen molar-refractivity contribution in [2.75, 3.05) is 17.3 Å². The van der Waals surface area contributed by atoms with Crippen LogP contribution in [0.2, 0.25) is 0 Å². The van der Waals surface area contributed by atoms with Gasteiger partial charge in [-0.1, -0.05) is 6.07 Å². The van der Waals surface area contributed by atoms with Crippen molar-refractivity contribution in [1.82, 2.24) is 0 Å². The molecule has 0 atom stereocenters. The molecule has 3 N–H and O–H groups in total. The third kappa shape index (κ3) is 2.61. The maximum Gasteiger partial charge on any atom is 0.245 e. The van der Waals surface area contributed by atoms with E-state index < -0.39 is 26.3 Å². The number of rotatable bonds is 3. The van der Waals surface area contributed by atoms with Crippen LogP contribution in [0.25, 0.3) is 0 Å². The normalized spacial score (nSPS) is 12.2. The van der Waals surface area contributed by atoms with Crippen molar-refractivity contribution >= 4 is 27.1 Å². The van der Waals surface area contributed by atoms with E-state index in [1.807, 2.05) is 0 Å². The Bertz CT molecular complexity index is 562. The Morgan fingerprint density at radius 1 is 1.39 bits per heavy atom. The number of halogens is 1. The minimum atomic E-state index is -3.62. The Morgan fingerprint density at radius 2 is 1.94 bits per heavy atom. The summed E-state index contributed by atoms with van der Waals surface area (Å²) in [7, 11) is -3.62. The molecule has 0 aliphatic rings. The second kappa shape index (κ2) is 4.56. The fraction of sp³-hybridized carbons (Fsp3) is 0.364. The highest BCUT2D eigenvalue weighted by atomic mass is 32.2. The van der Waals surface area contributed by atoms with Crippen molar-refractivity contribution in [3.63, 3.8) is 0 Å². The highest BCUT2D eigenvalue weighted by Gasteiger charge is 2.38. The molecule has 0 unspecified atom stereocenters. The van der Waals surface area contributed by atoms with Crippen molar-refractivity contribution in [1.29, 1.82) is 0 Å². The van der Waals surface area contributed by atoms with E-state index in [9.17, 15) is 17.6 Å². The van der Waals surface area contributed by atoms with Gasteiger partial charge >= 0.3 is 0 Å². The van der Waals surface area contributed by atoms with Gasteiger partial charge in [0.2, 0.25) is 5.91 Å². The SMILES string of the molecule is CC(C)(C(=O)Nc1c(N)cccc1F)S(C)(=O)=O. The Morgan fingerprint density at radius 3 is 2.39 bits per heavy atom. The van der Waals surface area contributed by atoms with E-state index in [4.69, 9.17) is 5.73 Å². The summed E-state index contributed by atoms with van der Waals surface area (Å²) in [5, 5.41) is 2.21. The minimum Gasteiger partial charge on any atom is -0.397 e. The lowest BCUT2D eigenvalue weighted by Gasteiger charge is -2.22. The number of carbonyl (C=O) groups is 1. The standard InChI is InChI=1S/C11H15FN2O3S/c1-11(2,18(3,16)17)10(15)14-9-7(12)5-4-6-8(9)13/h4-6H,13H2,1-3H3,(H,14,15). The number of para-hydroxylation sites is 1. The molecule has 1 aromatic rings.